The van der Waals surface area contributed by atoms with Crippen LogP contribution in [0.5, 0.6) is 0 Å². The Morgan fingerprint density at radius 3 is 1.64 bits per heavy atom. The third-order valence-electron chi connectivity index (χ3n) is 21.9. The molecule has 1 aliphatic carbocycles. The Balaban J connectivity index is 0.000000113. The van der Waals surface area contributed by atoms with Crippen LogP contribution in [-0.4, -0.2) is 34.5 Å². The number of aromatic nitrogens is 7. The maximum Gasteiger partial charge on any atom is 0.160 e. The van der Waals surface area contributed by atoms with Gasteiger partial charge in [-0.3, -0.25) is 4.98 Å². The van der Waals surface area contributed by atoms with Crippen molar-refractivity contribution in [3.05, 3.63) is 381 Å². The van der Waals surface area contributed by atoms with Crippen LogP contribution in [0.1, 0.15) is 51.3 Å². The van der Waals surface area contributed by atoms with Crippen molar-refractivity contribution in [2.75, 3.05) is 0 Å². The summed E-state index contributed by atoms with van der Waals surface area (Å²) in [6.07, 6.45) is 5.84. The fourth-order valence-corrected chi connectivity index (χ4v) is 16.2. The topological polar surface area (TPSA) is 95.4 Å². The van der Waals surface area contributed by atoms with E-state index in [-0.39, 0.29) is 10.8 Å². The first-order valence-corrected chi connectivity index (χ1v) is 37.9. The minimum Gasteiger partial charge on any atom is -0.456 e. The highest BCUT2D eigenvalue weighted by atomic mass is 16.3. The summed E-state index contributed by atoms with van der Waals surface area (Å²) in [5, 5.41) is 10.7. The van der Waals surface area contributed by atoms with Crippen LogP contribution in [0.25, 0.3) is 183 Å². The minimum absolute atomic E-state index is 0.131. The zero-order valence-corrected chi connectivity index (χ0v) is 62.2. The molecule has 0 amide bonds. The molecule has 20 aromatic rings. The van der Waals surface area contributed by atoms with Crippen molar-refractivity contribution < 1.29 is 4.42 Å². The van der Waals surface area contributed by atoms with E-state index in [9.17, 15) is 0 Å². The number of rotatable bonds is 9. The maximum atomic E-state index is 6.58. The molecule has 0 spiro atoms. The molecule has 0 unspecified atom stereocenters. The van der Waals surface area contributed by atoms with E-state index in [0.717, 1.165) is 117 Å². The Morgan fingerprint density at radius 2 is 0.919 bits per heavy atom. The van der Waals surface area contributed by atoms with Gasteiger partial charge in [0.1, 0.15) is 17.0 Å². The lowest BCUT2D eigenvalue weighted by Crippen LogP contribution is -2.15. The molecule has 6 aromatic heterocycles. The van der Waals surface area contributed by atoms with E-state index in [0.29, 0.717) is 5.82 Å². The molecule has 528 valence electrons. The lowest BCUT2D eigenvalue weighted by Gasteiger charge is -2.21. The Hall–Kier alpha value is -14.1. The van der Waals surface area contributed by atoms with E-state index in [4.69, 9.17) is 29.3 Å². The molecule has 0 aliphatic heterocycles. The lowest BCUT2D eigenvalue weighted by atomic mass is 9.82. The predicted molar refractivity (Wildman–Crippen MR) is 460 cm³/mol. The quantitative estimate of drug-likeness (QED) is 0.133. The van der Waals surface area contributed by atoms with Gasteiger partial charge >= 0.3 is 0 Å². The highest BCUT2D eigenvalue weighted by Crippen LogP contribution is 2.53. The summed E-state index contributed by atoms with van der Waals surface area (Å²) >= 11 is 0. The Labute approximate surface area is 644 Å². The van der Waals surface area contributed by atoms with Crippen LogP contribution in [0.2, 0.25) is 0 Å². The van der Waals surface area contributed by atoms with E-state index in [1.807, 2.05) is 91.3 Å². The van der Waals surface area contributed by atoms with Crippen molar-refractivity contribution in [2.45, 2.75) is 45.4 Å². The average molecular weight is 1430 g/mol. The highest BCUT2D eigenvalue weighted by Gasteiger charge is 2.38. The summed E-state index contributed by atoms with van der Waals surface area (Å²) in [6.45, 7) is 11.3. The van der Waals surface area contributed by atoms with Crippen molar-refractivity contribution in [3.63, 3.8) is 0 Å². The van der Waals surface area contributed by atoms with Gasteiger partial charge in [-0.2, -0.15) is 0 Å². The standard InChI is InChI=1S/C36H23N3.C35H24N2O.C32H28N2/c1-2-9-28-24(7-1)14-16-31-29(11-5-12-30(28)31)25-15-17-35-26(21-25)18-20-39(35)36-22-33(27-8-6-19-37-23-27)32-10-3-4-13-34(32)38-36;1-35(2)28-14-8-6-12-23(28)24-17-18-25-27-20-22(16-19-30(27)38-33(25)31(24)35)34-36-29-15-9-7-13-26(29)32(37-34)21-10-4-3-5-11-21;1-32(2,3)28-20-18-24(19-21-28)23-14-16-27(17-15-23)31-33-29(25-10-6-4-7-11-25)22-30(34-31)26-12-8-5-9-13-26/h1-23H;3-20H,1-2H3;4-22H,1-3H3. The Kier molecular flexibility index (Phi) is 17.0. The van der Waals surface area contributed by atoms with Gasteiger partial charge < -0.3 is 8.98 Å². The van der Waals surface area contributed by atoms with Gasteiger partial charge in [0, 0.05) is 89.9 Å². The van der Waals surface area contributed by atoms with Crippen LogP contribution in [0.3, 0.4) is 0 Å². The third kappa shape index (κ3) is 12.6. The summed E-state index contributed by atoms with van der Waals surface area (Å²) in [5.41, 5.74) is 26.5. The molecule has 0 fully saturated rings. The van der Waals surface area contributed by atoms with E-state index in [1.54, 1.807) is 0 Å². The zero-order chi connectivity index (χ0) is 74.7. The first-order chi connectivity index (χ1) is 54.4. The molecule has 8 nitrogen and oxygen atoms in total. The molecule has 8 heteroatoms. The number of nitrogens with zero attached hydrogens (tertiary/aromatic N) is 7. The van der Waals surface area contributed by atoms with Crippen LogP contribution < -0.4 is 0 Å². The molecule has 21 rings (SSSR count). The molecule has 0 bridgehead atoms. The summed E-state index contributed by atoms with van der Waals surface area (Å²) in [5.74, 6) is 2.34. The lowest BCUT2D eigenvalue weighted by molar-refractivity contribution is 0.590. The van der Waals surface area contributed by atoms with Gasteiger partial charge in [0.15, 0.2) is 11.6 Å². The normalized spacial score (nSPS) is 12.3. The van der Waals surface area contributed by atoms with Crippen molar-refractivity contribution in [1.82, 2.24) is 34.5 Å². The molecule has 0 radical (unpaired) electrons. The van der Waals surface area contributed by atoms with Crippen molar-refractivity contribution in [2.24, 2.45) is 0 Å². The van der Waals surface area contributed by atoms with Crippen LogP contribution in [-0.2, 0) is 10.8 Å². The van der Waals surface area contributed by atoms with Gasteiger partial charge in [-0.05, 0) is 150 Å². The summed E-state index contributed by atoms with van der Waals surface area (Å²) in [7, 11) is 0. The van der Waals surface area contributed by atoms with Gasteiger partial charge in [0.05, 0.1) is 33.6 Å². The monoisotopic (exact) mass is 1430 g/mol. The fourth-order valence-electron chi connectivity index (χ4n) is 16.2. The van der Waals surface area contributed by atoms with Crippen LogP contribution in [0.15, 0.2) is 369 Å². The molecular weight excluding hydrogens is 1350 g/mol. The third-order valence-corrected chi connectivity index (χ3v) is 21.9. The number of benzene rings is 14. The second-order valence-corrected chi connectivity index (χ2v) is 30.2. The van der Waals surface area contributed by atoms with Gasteiger partial charge in [0.25, 0.3) is 0 Å². The fraction of sp³-hybridized carbons (Fsp3) is 0.0680. The summed E-state index contributed by atoms with van der Waals surface area (Å²) in [6, 6.07) is 121. The average Bonchev–Trinajstić information content (AvgIpc) is 1.56. The first-order valence-electron chi connectivity index (χ1n) is 37.9. The van der Waals surface area contributed by atoms with Crippen molar-refractivity contribution >= 4 is 76.2 Å². The van der Waals surface area contributed by atoms with E-state index in [1.165, 1.54) is 77.0 Å². The molecule has 0 atom stereocenters. The smallest absolute Gasteiger partial charge is 0.160 e. The van der Waals surface area contributed by atoms with Crippen molar-refractivity contribution in [1.29, 1.82) is 0 Å². The molecule has 0 saturated heterocycles. The highest BCUT2D eigenvalue weighted by molar-refractivity contribution is 6.13. The second-order valence-electron chi connectivity index (χ2n) is 30.2. The van der Waals surface area contributed by atoms with Crippen molar-refractivity contribution in [3.8, 4) is 107 Å². The molecule has 0 N–H and O–H groups in total. The number of hydrogen-bond acceptors (Lipinski definition) is 7. The Bertz CT molecular complexity index is 6870. The maximum absolute atomic E-state index is 6.58. The summed E-state index contributed by atoms with van der Waals surface area (Å²) < 4.78 is 8.76. The molecule has 111 heavy (non-hydrogen) atoms. The largest absolute Gasteiger partial charge is 0.456 e. The van der Waals surface area contributed by atoms with Gasteiger partial charge in [-0.15, -0.1) is 0 Å². The molecule has 14 aromatic carbocycles. The van der Waals surface area contributed by atoms with E-state index >= 15 is 0 Å². The number of para-hydroxylation sites is 2. The first kappa shape index (κ1) is 67.5. The molecule has 6 heterocycles. The van der Waals surface area contributed by atoms with Gasteiger partial charge in [0.2, 0.25) is 0 Å². The number of fused-ring (bicyclic) bond motifs is 13. The van der Waals surface area contributed by atoms with E-state index < -0.39 is 0 Å². The summed E-state index contributed by atoms with van der Waals surface area (Å²) in [4.78, 5) is 29.3. The number of furan rings is 1. The Morgan fingerprint density at radius 1 is 0.333 bits per heavy atom. The van der Waals surface area contributed by atoms with Crippen LogP contribution in [0.4, 0.5) is 0 Å². The van der Waals surface area contributed by atoms with E-state index in [2.05, 4.69) is 317 Å². The van der Waals surface area contributed by atoms with Gasteiger partial charge in [-0.1, -0.05) is 308 Å². The number of pyridine rings is 2. The number of hydrogen-bond donors (Lipinski definition) is 0. The second kappa shape index (κ2) is 27.9. The van der Waals surface area contributed by atoms with Crippen LogP contribution >= 0.6 is 0 Å². The predicted octanol–water partition coefficient (Wildman–Crippen LogP) is 26.8. The zero-order valence-electron chi connectivity index (χ0n) is 62.2. The SMILES string of the molecule is CC(C)(C)c1ccc(-c2ccc(-c3nc(-c4ccccc4)cc(-c4ccccc4)n3)cc2)cc1.CC1(C)c2ccccc2-c2ccc3c(oc4ccc(-c5nc(-c6ccccc6)c6ccccc6n5)cc43)c21.c1cncc(-c2cc(-n3ccc4cc(-c5cccc6c5ccc5ccccc56)ccc43)nc3ccccc23)c1. The van der Waals surface area contributed by atoms with Crippen LogP contribution in [0, 0.1) is 0 Å². The molecule has 1 aliphatic rings. The molecule has 0 saturated carbocycles. The van der Waals surface area contributed by atoms with Gasteiger partial charge in [-0.25, -0.2) is 24.9 Å². The molecular formula is C103H75N7O. The minimum atomic E-state index is -0.131.